The zero-order valence-electron chi connectivity index (χ0n) is 16.4. The highest BCUT2D eigenvalue weighted by Crippen LogP contribution is 2.45. The summed E-state index contributed by atoms with van der Waals surface area (Å²) in [6.07, 6.45) is 5.14. The van der Waals surface area contributed by atoms with Gasteiger partial charge in [-0.3, -0.25) is 4.79 Å². The number of oxazole rings is 1. The lowest BCUT2D eigenvalue weighted by molar-refractivity contribution is -0.124. The Bertz CT molecular complexity index is 1090. The molecular weight excluding hydrogens is 368 g/mol. The topological polar surface area (TPSA) is 96.2 Å². The van der Waals surface area contributed by atoms with Crippen LogP contribution in [0.15, 0.2) is 41.1 Å². The minimum atomic E-state index is -0.471. The Hall–Kier alpha value is -3.42. The minimum absolute atomic E-state index is 0.0732. The van der Waals surface area contributed by atoms with Crippen molar-refractivity contribution >= 4 is 23.6 Å². The van der Waals surface area contributed by atoms with E-state index < -0.39 is 5.54 Å². The molecular formula is C21H22N6O2. The third-order valence-corrected chi connectivity index (χ3v) is 5.65. The Morgan fingerprint density at radius 3 is 2.86 bits per heavy atom. The summed E-state index contributed by atoms with van der Waals surface area (Å²) in [7, 11) is 0. The third kappa shape index (κ3) is 3.00. The standard InChI is InChI=1S/C21H22N6O2/c1-13-6-9-23-19(25-13)26-16-5-3-4-15(14(16)2)17-12-24-20(29-17)27-11-10-22-18(28)21(27)7-8-21/h3-6,9,12H,7-8,10-11H2,1-2H3,(H,22,28)(H,23,25,26). The smallest absolute Gasteiger partial charge is 0.298 e. The van der Waals surface area contributed by atoms with Crippen LogP contribution in [0.4, 0.5) is 17.7 Å². The second-order valence-corrected chi connectivity index (χ2v) is 7.57. The number of aryl methyl sites for hydroxylation is 1. The van der Waals surface area contributed by atoms with Gasteiger partial charge >= 0.3 is 0 Å². The summed E-state index contributed by atoms with van der Waals surface area (Å²) in [6.45, 7) is 5.26. The van der Waals surface area contributed by atoms with Crippen molar-refractivity contribution in [1.29, 1.82) is 0 Å². The van der Waals surface area contributed by atoms with Crippen LogP contribution in [0.3, 0.4) is 0 Å². The first-order valence-corrected chi connectivity index (χ1v) is 9.75. The Morgan fingerprint density at radius 1 is 1.21 bits per heavy atom. The van der Waals surface area contributed by atoms with Crippen LogP contribution in [0.25, 0.3) is 11.3 Å². The van der Waals surface area contributed by atoms with Crippen LogP contribution in [0.5, 0.6) is 0 Å². The van der Waals surface area contributed by atoms with Crippen molar-refractivity contribution in [1.82, 2.24) is 20.3 Å². The van der Waals surface area contributed by atoms with E-state index >= 15 is 0 Å². The number of hydrogen-bond donors (Lipinski definition) is 2. The number of benzene rings is 1. The summed E-state index contributed by atoms with van der Waals surface area (Å²) < 4.78 is 6.11. The van der Waals surface area contributed by atoms with E-state index in [4.69, 9.17) is 4.42 Å². The van der Waals surface area contributed by atoms with Gasteiger partial charge in [-0.15, -0.1) is 0 Å². The Kier molecular flexibility index (Phi) is 4.01. The molecule has 0 radical (unpaired) electrons. The third-order valence-electron chi connectivity index (χ3n) is 5.65. The molecule has 1 saturated heterocycles. The molecule has 0 bridgehead atoms. The highest BCUT2D eigenvalue weighted by atomic mass is 16.4. The number of carbonyl (C=O) groups excluding carboxylic acids is 1. The van der Waals surface area contributed by atoms with Crippen molar-refractivity contribution < 1.29 is 9.21 Å². The fourth-order valence-electron chi connectivity index (χ4n) is 3.86. The van der Waals surface area contributed by atoms with Gasteiger partial charge in [-0.25, -0.2) is 15.0 Å². The maximum Gasteiger partial charge on any atom is 0.298 e. The fraction of sp³-hybridized carbons (Fsp3) is 0.333. The number of carbonyl (C=O) groups is 1. The molecule has 1 aliphatic carbocycles. The van der Waals surface area contributed by atoms with E-state index in [1.807, 2.05) is 43.0 Å². The maximum atomic E-state index is 12.3. The molecule has 2 aromatic heterocycles. The molecule has 1 saturated carbocycles. The molecule has 1 aliphatic heterocycles. The van der Waals surface area contributed by atoms with Crippen molar-refractivity contribution in [2.75, 3.05) is 23.3 Å². The van der Waals surface area contributed by atoms with Crippen molar-refractivity contribution in [2.24, 2.45) is 0 Å². The Balaban J connectivity index is 1.44. The lowest BCUT2D eigenvalue weighted by Gasteiger charge is -2.34. The minimum Gasteiger partial charge on any atom is -0.423 e. The molecule has 2 aliphatic rings. The zero-order chi connectivity index (χ0) is 20.0. The maximum absolute atomic E-state index is 12.3. The van der Waals surface area contributed by atoms with E-state index in [0.29, 0.717) is 30.8 Å². The van der Waals surface area contributed by atoms with Crippen LogP contribution in [0.2, 0.25) is 0 Å². The van der Waals surface area contributed by atoms with Crippen LogP contribution >= 0.6 is 0 Å². The van der Waals surface area contributed by atoms with Crippen LogP contribution in [0.1, 0.15) is 24.1 Å². The quantitative estimate of drug-likeness (QED) is 0.707. The molecule has 3 aromatic rings. The van der Waals surface area contributed by atoms with Gasteiger partial charge in [0.05, 0.1) is 6.20 Å². The molecule has 8 heteroatoms. The summed E-state index contributed by atoms with van der Waals surface area (Å²) in [5, 5.41) is 6.22. The first-order valence-electron chi connectivity index (χ1n) is 9.75. The van der Waals surface area contributed by atoms with Gasteiger partial charge in [0.1, 0.15) is 5.54 Å². The number of amides is 1. The number of rotatable bonds is 4. The van der Waals surface area contributed by atoms with Gasteiger partial charge < -0.3 is 20.0 Å². The molecule has 29 heavy (non-hydrogen) atoms. The predicted octanol–water partition coefficient (Wildman–Crippen LogP) is 2.96. The number of nitrogens with zero attached hydrogens (tertiary/aromatic N) is 4. The lowest BCUT2D eigenvalue weighted by Crippen LogP contribution is -2.57. The van der Waals surface area contributed by atoms with Gasteiger partial charge in [-0.1, -0.05) is 12.1 Å². The molecule has 0 atom stereocenters. The summed E-state index contributed by atoms with van der Waals surface area (Å²) >= 11 is 0. The Labute approximate surface area is 168 Å². The number of aromatic nitrogens is 3. The van der Waals surface area contributed by atoms with Gasteiger partial charge in [-0.2, -0.15) is 0 Å². The lowest BCUT2D eigenvalue weighted by atomic mass is 10.1. The van der Waals surface area contributed by atoms with E-state index in [1.165, 1.54) is 0 Å². The van der Waals surface area contributed by atoms with Crippen molar-refractivity contribution in [3.05, 3.63) is 47.9 Å². The normalized spacial score (nSPS) is 17.3. The largest absolute Gasteiger partial charge is 0.423 e. The molecule has 1 spiro atoms. The number of nitrogens with one attached hydrogen (secondary N) is 2. The van der Waals surface area contributed by atoms with Crippen molar-refractivity contribution in [3.8, 4) is 11.3 Å². The molecule has 1 amide bonds. The molecule has 2 N–H and O–H groups in total. The molecule has 5 rings (SSSR count). The molecule has 1 aromatic carbocycles. The van der Waals surface area contributed by atoms with E-state index in [-0.39, 0.29) is 5.91 Å². The SMILES string of the molecule is Cc1ccnc(Nc2cccc(-c3cnc(N4CCNC(=O)C45CC5)o3)c2C)n1. The van der Waals surface area contributed by atoms with Crippen LogP contribution in [0, 0.1) is 13.8 Å². The highest BCUT2D eigenvalue weighted by molar-refractivity contribution is 5.93. The fourth-order valence-corrected chi connectivity index (χ4v) is 3.86. The molecule has 2 fully saturated rings. The summed E-state index contributed by atoms with van der Waals surface area (Å²) in [6, 6.07) is 8.30. The number of anilines is 3. The first-order chi connectivity index (χ1) is 14.1. The van der Waals surface area contributed by atoms with Crippen LogP contribution < -0.4 is 15.5 Å². The number of hydrogen-bond acceptors (Lipinski definition) is 7. The van der Waals surface area contributed by atoms with Crippen LogP contribution in [-0.4, -0.2) is 39.5 Å². The zero-order valence-corrected chi connectivity index (χ0v) is 16.4. The van der Waals surface area contributed by atoms with Gasteiger partial charge in [0.15, 0.2) is 5.76 Å². The van der Waals surface area contributed by atoms with E-state index in [2.05, 4.69) is 25.6 Å². The monoisotopic (exact) mass is 390 g/mol. The highest BCUT2D eigenvalue weighted by Gasteiger charge is 2.57. The van der Waals surface area contributed by atoms with Crippen molar-refractivity contribution in [2.45, 2.75) is 32.2 Å². The van der Waals surface area contributed by atoms with E-state index in [9.17, 15) is 4.79 Å². The first kappa shape index (κ1) is 17.7. The molecule has 8 nitrogen and oxygen atoms in total. The summed E-state index contributed by atoms with van der Waals surface area (Å²) in [5.41, 5.74) is 3.28. The average Bonchev–Trinajstić information content (AvgIpc) is 3.34. The number of piperazine rings is 1. The predicted molar refractivity (Wildman–Crippen MR) is 109 cm³/mol. The van der Waals surface area contributed by atoms with Gasteiger partial charge in [0.2, 0.25) is 11.9 Å². The average molecular weight is 390 g/mol. The summed E-state index contributed by atoms with van der Waals surface area (Å²) in [4.78, 5) is 27.5. The van der Waals surface area contributed by atoms with Crippen LogP contribution in [-0.2, 0) is 4.79 Å². The van der Waals surface area contributed by atoms with E-state index in [0.717, 1.165) is 35.3 Å². The van der Waals surface area contributed by atoms with Gasteiger partial charge in [-0.05, 0) is 44.4 Å². The molecule has 3 heterocycles. The Morgan fingerprint density at radius 2 is 2.07 bits per heavy atom. The second-order valence-electron chi connectivity index (χ2n) is 7.57. The second kappa shape index (κ2) is 6.58. The van der Waals surface area contributed by atoms with Gasteiger partial charge in [0.25, 0.3) is 6.01 Å². The summed E-state index contributed by atoms with van der Waals surface area (Å²) in [5.74, 6) is 1.30. The van der Waals surface area contributed by atoms with E-state index in [1.54, 1.807) is 12.4 Å². The van der Waals surface area contributed by atoms with Gasteiger partial charge in [0, 0.05) is 36.2 Å². The molecule has 148 valence electrons. The van der Waals surface area contributed by atoms with Crippen molar-refractivity contribution in [3.63, 3.8) is 0 Å². The molecule has 0 unspecified atom stereocenters.